The highest BCUT2D eigenvalue weighted by molar-refractivity contribution is 7.80. The third kappa shape index (κ3) is 1.93. The van der Waals surface area contributed by atoms with Crippen LogP contribution in [-0.4, -0.2) is 10.9 Å². The minimum absolute atomic E-state index is 0.570. The highest BCUT2D eigenvalue weighted by Crippen LogP contribution is 2.15. The summed E-state index contributed by atoms with van der Waals surface area (Å²) in [6.45, 7) is 1.99. The fourth-order valence-electron chi connectivity index (χ4n) is 0.866. The predicted octanol–water partition coefficient (Wildman–Crippen LogP) is 1.93. The number of rotatable bonds is 1. The van der Waals surface area contributed by atoms with Gasteiger partial charge in [-0.1, -0.05) is 23.9 Å². The molecule has 0 aromatic carbocycles. The summed E-state index contributed by atoms with van der Waals surface area (Å²) in [6, 6.07) is 0. The van der Waals surface area contributed by atoms with Gasteiger partial charge in [0.2, 0.25) is 6.08 Å². The molecule has 0 aromatic rings. The summed E-state index contributed by atoms with van der Waals surface area (Å²) in [5.41, 5.74) is 1.76. The zero-order valence-electron chi connectivity index (χ0n) is 6.13. The molecule has 2 nitrogen and oxygen atoms in total. The molecule has 0 heterocycles. The van der Waals surface area contributed by atoms with Gasteiger partial charge < -0.3 is 0 Å². The molecule has 0 saturated carbocycles. The lowest BCUT2D eigenvalue weighted by Gasteiger charge is -2.07. The van der Waals surface area contributed by atoms with E-state index < -0.39 is 0 Å². The molecule has 1 rings (SSSR count). The van der Waals surface area contributed by atoms with Crippen LogP contribution in [0.3, 0.4) is 0 Å². The number of isocyanates is 1. The maximum absolute atomic E-state index is 9.89. The second-order valence-corrected chi connectivity index (χ2v) is 2.86. The van der Waals surface area contributed by atoms with Crippen LogP contribution in [0, 0.1) is 0 Å². The highest BCUT2D eigenvalue weighted by Gasteiger charge is 2.07. The molecule has 56 valence electrons. The SMILES string of the molecule is CC1=CC=C(N=C=O)C(=S)C1. The van der Waals surface area contributed by atoms with Gasteiger partial charge in [-0.2, -0.15) is 4.99 Å². The van der Waals surface area contributed by atoms with Crippen molar-refractivity contribution in [3.63, 3.8) is 0 Å². The molecule has 0 fully saturated rings. The van der Waals surface area contributed by atoms with Gasteiger partial charge in [0.15, 0.2) is 0 Å². The molecule has 0 aromatic heterocycles. The molecular weight excluding hydrogens is 158 g/mol. The number of carbonyl (C=O) groups excluding carboxylic acids is 1. The average Bonchev–Trinajstić information content (AvgIpc) is 1.95. The van der Waals surface area contributed by atoms with Crippen LogP contribution < -0.4 is 0 Å². The largest absolute Gasteiger partial charge is 0.240 e. The van der Waals surface area contributed by atoms with Gasteiger partial charge in [0.25, 0.3) is 0 Å². The summed E-state index contributed by atoms with van der Waals surface area (Å²) in [7, 11) is 0. The van der Waals surface area contributed by atoms with Crippen LogP contribution in [0.2, 0.25) is 0 Å². The van der Waals surface area contributed by atoms with Crippen LogP contribution in [0.5, 0.6) is 0 Å². The first-order chi connectivity index (χ1) is 5.24. The molecule has 0 bridgehead atoms. The van der Waals surface area contributed by atoms with Crippen molar-refractivity contribution in [1.29, 1.82) is 0 Å². The van der Waals surface area contributed by atoms with Gasteiger partial charge in [-0.25, -0.2) is 4.79 Å². The zero-order chi connectivity index (χ0) is 8.27. The molecule has 1 aliphatic carbocycles. The lowest BCUT2D eigenvalue weighted by Crippen LogP contribution is -2.01. The normalized spacial score (nSPS) is 16.6. The van der Waals surface area contributed by atoms with E-state index in [1.165, 1.54) is 11.7 Å². The monoisotopic (exact) mass is 165 g/mol. The van der Waals surface area contributed by atoms with Gasteiger partial charge in [0.05, 0.1) is 5.70 Å². The van der Waals surface area contributed by atoms with E-state index in [9.17, 15) is 4.79 Å². The van der Waals surface area contributed by atoms with Crippen molar-refractivity contribution in [2.24, 2.45) is 4.99 Å². The Morgan fingerprint density at radius 2 is 2.36 bits per heavy atom. The fourth-order valence-corrected chi connectivity index (χ4v) is 1.21. The molecular formula is C8H7NOS. The van der Waals surface area contributed by atoms with Gasteiger partial charge in [-0.3, -0.25) is 0 Å². The number of nitrogens with zero attached hydrogens (tertiary/aromatic N) is 1. The van der Waals surface area contributed by atoms with E-state index in [0.717, 1.165) is 6.42 Å². The van der Waals surface area contributed by atoms with Gasteiger partial charge in [-0.05, 0) is 13.0 Å². The van der Waals surface area contributed by atoms with Gasteiger partial charge in [0, 0.05) is 11.3 Å². The predicted molar refractivity (Wildman–Crippen MR) is 47.2 cm³/mol. The summed E-state index contributed by atoms with van der Waals surface area (Å²) < 4.78 is 0. The fraction of sp³-hybridized carbons (Fsp3) is 0.250. The molecule has 3 heteroatoms. The van der Waals surface area contributed by atoms with E-state index in [-0.39, 0.29) is 0 Å². The molecule has 0 unspecified atom stereocenters. The van der Waals surface area contributed by atoms with Crippen molar-refractivity contribution < 1.29 is 4.79 Å². The first kappa shape index (κ1) is 8.05. The Kier molecular flexibility index (Phi) is 2.47. The third-order valence-electron chi connectivity index (χ3n) is 1.42. The minimum atomic E-state index is 0.570. The minimum Gasteiger partial charge on any atom is -0.211 e. The molecule has 0 radical (unpaired) electrons. The molecule has 0 N–H and O–H groups in total. The highest BCUT2D eigenvalue weighted by atomic mass is 32.1. The Bertz CT molecular complexity index is 295. The van der Waals surface area contributed by atoms with Crippen molar-refractivity contribution in [3.05, 3.63) is 23.4 Å². The summed E-state index contributed by atoms with van der Waals surface area (Å²) in [4.78, 5) is 14.1. The summed E-state index contributed by atoms with van der Waals surface area (Å²) >= 11 is 4.99. The van der Waals surface area contributed by atoms with Crippen molar-refractivity contribution in [3.8, 4) is 0 Å². The number of hydrogen-bond acceptors (Lipinski definition) is 3. The molecule has 0 amide bonds. The van der Waals surface area contributed by atoms with Crippen LogP contribution in [0.15, 0.2) is 28.4 Å². The maximum Gasteiger partial charge on any atom is 0.240 e. The van der Waals surface area contributed by atoms with Crippen LogP contribution in [0.25, 0.3) is 0 Å². The van der Waals surface area contributed by atoms with Crippen LogP contribution in [0.4, 0.5) is 0 Å². The number of allylic oxidation sites excluding steroid dienone is 4. The Labute approximate surface area is 70.3 Å². The lowest BCUT2D eigenvalue weighted by molar-refractivity contribution is 0.565. The Morgan fingerprint density at radius 1 is 1.64 bits per heavy atom. The number of hydrogen-bond donors (Lipinski definition) is 0. The number of thiocarbonyl (C=S) groups is 1. The second-order valence-electron chi connectivity index (χ2n) is 2.37. The van der Waals surface area contributed by atoms with Crippen molar-refractivity contribution in [1.82, 2.24) is 0 Å². The summed E-state index contributed by atoms with van der Waals surface area (Å²) in [6.07, 6.45) is 5.85. The summed E-state index contributed by atoms with van der Waals surface area (Å²) in [5, 5.41) is 0. The Hall–Kier alpha value is -1.05. The standard InChI is InChI=1S/C8H7NOS/c1-6-2-3-7(9-5-10)8(11)4-6/h2-3H,4H2,1H3. The molecule has 0 spiro atoms. The van der Waals surface area contributed by atoms with Crippen LogP contribution in [-0.2, 0) is 4.79 Å². The maximum atomic E-state index is 9.89. The van der Waals surface area contributed by atoms with Crippen molar-refractivity contribution in [2.45, 2.75) is 13.3 Å². The molecule has 0 aliphatic heterocycles. The third-order valence-corrected chi connectivity index (χ3v) is 1.77. The van der Waals surface area contributed by atoms with Crippen molar-refractivity contribution >= 4 is 23.2 Å². The first-order valence-electron chi connectivity index (χ1n) is 3.22. The van der Waals surface area contributed by atoms with Crippen molar-refractivity contribution in [2.75, 3.05) is 0 Å². The van der Waals surface area contributed by atoms with Gasteiger partial charge >= 0.3 is 0 Å². The van der Waals surface area contributed by atoms with Gasteiger partial charge in [-0.15, -0.1) is 0 Å². The zero-order valence-corrected chi connectivity index (χ0v) is 6.94. The van der Waals surface area contributed by atoms with Crippen LogP contribution in [0.1, 0.15) is 13.3 Å². The van der Waals surface area contributed by atoms with E-state index in [1.807, 2.05) is 13.0 Å². The lowest BCUT2D eigenvalue weighted by atomic mass is 10.0. The molecule has 0 saturated heterocycles. The quantitative estimate of drug-likeness (QED) is 0.337. The van der Waals surface area contributed by atoms with E-state index >= 15 is 0 Å². The topological polar surface area (TPSA) is 29.4 Å². The summed E-state index contributed by atoms with van der Waals surface area (Å²) in [5.74, 6) is 0. The molecule has 1 aliphatic rings. The molecule has 11 heavy (non-hydrogen) atoms. The van der Waals surface area contributed by atoms with E-state index in [2.05, 4.69) is 4.99 Å². The smallest absolute Gasteiger partial charge is 0.211 e. The Balaban J connectivity index is 2.95. The van der Waals surface area contributed by atoms with E-state index in [1.54, 1.807) is 6.08 Å². The van der Waals surface area contributed by atoms with E-state index in [4.69, 9.17) is 12.2 Å². The number of aliphatic imine (C=N–C) groups is 1. The first-order valence-corrected chi connectivity index (χ1v) is 3.63. The average molecular weight is 165 g/mol. The van der Waals surface area contributed by atoms with Gasteiger partial charge in [0.1, 0.15) is 0 Å². The van der Waals surface area contributed by atoms with E-state index in [0.29, 0.717) is 10.6 Å². The Morgan fingerprint density at radius 3 is 2.91 bits per heavy atom. The van der Waals surface area contributed by atoms with Crippen LogP contribution >= 0.6 is 12.2 Å². The molecule has 0 atom stereocenters. The second kappa shape index (κ2) is 3.37.